The van der Waals surface area contributed by atoms with E-state index in [0.717, 1.165) is 22.6 Å². The number of anilines is 2. The van der Waals surface area contributed by atoms with Crippen LogP contribution in [0.25, 0.3) is 11.2 Å². The molecular formula is C33H34FN7O3. The molecule has 10 nitrogen and oxygen atoms in total. The molecule has 0 saturated carbocycles. The van der Waals surface area contributed by atoms with Gasteiger partial charge in [0.05, 0.1) is 12.9 Å². The normalized spacial score (nSPS) is 12.0. The van der Waals surface area contributed by atoms with E-state index in [4.69, 9.17) is 24.4 Å². The molecule has 0 atom stereocenters. The van der Waals surface area contributed by atoms with Crippen molar-refractivity contribution in [2.45, 2.75) is 26.9 Å². The second-order valence-electron chi connectivity index (χ2n) is 11.1. The number of aryl methyl sites for hydroxylation is 2. The summed E-state index contributed by atoms with van der Waals surface area (Å²) in [6.07, 6.45) is 1.79. The number of imidazole rings is 1. The number of hydrogen-bond acceptors (Lipinski definition) is 8. The summed E-state index contributed by atoms with van der Waals surface area (Å²) < 4.78 is 26.3. The highest BCUT2D eigenvalue weighted by molar-refractivity contribution is 5.94. The highest BCUT2D eigenvalue weighted by Gasteiger charge is 2.19. The van der Waals surface area contributed by atoms with Crippen LogP contribution in [0.5, 0.6) is 11.5 Å². The van der Waals surface area contributed by atoms with E-state index in [0.29, 0.717) is 54.7 Å². The number of carbonyl (C=O) groups excluding carboxylic acids is 1. The van der Waals surface area contributed by atoms with Gasteiger partial charge in [-0.2, -0.15) is 9.97 Å². The second kappa shape index (κ2) is 12.2. The lowest BCUT2D eigenvalue weighted by Gasteiger charge is -2.23. The van der Waals surface area contributed by atoms with Crippen LogP contribution in [-0.2, 0) is 13.1 Å². The summed E-state index contributed by atoms with van der Waals surface area (Å²) in [7, 11) is 3.62. The Bertz CT molecular complexity index is 1800. The fraction of sp³-hybridized carbons (Fsp3) is 0.273. The molecule has 3 heterocycles. The molecule has 1 N–H and O–H groups in total. The summed E-state index contributed by atoms with van der Waals surface area (Å²) in [5.74, 6) is 1.98. The van der Waals surface area contributed by atoms with E-state index >= 15 is 0 Å². The quantitative estimate of drug-likeness (QED) is 0.236. The molecule has 11 heteroatoms. The maximum atomic E-state index is 13.3. The Morgan fingerprint density at radius 3 is 2.45 bits per heavy atom. The lowest BCUT2D eigenvalue weighted by molar-refractivity contribution is 0.0798. The van der Waals surface area contributed by atoms with Crippen LogP contribution in [0.15, 0.2) is 67.0 Å². The minimum absolute atomic E-state index is 0.188. The number of ether oxygens (including phenoxy) is 2. The van der Waals surface area contributed by atoms with Crippen LogP contribution in [0, 0.1) is 19.7 Å². The monoisotopic (exact) mass is 595 g/mol. The molecule has 0 fully saturated rings. The molecule has 44 heavy (non-hydrogen) atoms. The van der Waals surface area contributed by atoms with E-state index in [2.05, 4.69) is 37.4 Å². The minimum Gasteiger partial charge on any atom is -0.454 e. The van der Waals surface area contributed by atoms with Gasteiger partial charge in [0, 0.05) is 39.3 Å². The molecule has 5 aromatic rings. The van der Waals surface area contributed by atoms with E-state index in [-0.39, 0.29) is 18.5 Å². The molecule has 1 aliphatic heterocycles. The van der Waals surface area contributed by atoms with Crippen LogP contribution in [0.4, 0.5) is 16.2 Å². The van der Waals surface area contributed by atoms with Crippen molar-refractivity contribution in [3.05, 3.63) is 101 Å². The molecular weight excluding hydrogens is 561 g/mol. The van der Waals surface area contributed by atoms with Gasteiger partial charge in [0.2, 0.25) is 12.7 Å². The van der Waals surface area contributed by atoms with Crippen molar-refractivity contribution in [3.8, 4) is 11.5 Å². The van der Waals surface area contributed by atoms with Gasteiger partial charge in [0.25, 0.3) is 5.91 Å². The van der Waals surface area contributed by atoms with E-state index in [9.17, 15) is 9.18 Å². The molecule has 0 radical (unpaired) electrons. The largest absolute Gasteiger partial charge is 0.454 e. The SMILES string of the molecule is Cc1cc(C)cc(Cn2cnc3c(NCc4ccc5c(c4)OCO5)nc(N(C)CCN(C)C(=O)c4ccc(F)cc4)nc32)c1. The Morgan fingerprint density at radius 2 is 1.68 bits per heavy atom. The Kier molecular flexibility index (Phi) is 8.01. The highest BCUT2D eigenvalue weighted by atomic mass is 19.1. The standard InChI is InChI=1S/C33H34FN7O3/c1-21-13-22(2)15-24(14-21)18-41-19-36-29-30(35-17-23-5-10-27-28(16-23)44-20-43-27)37-33(38-31(29)41)40(4)12-11-39(3)32(42)25-6-8-26(34)9-7-25/h5-10,13-16,19H,11-12,17-18,20H2,1-4H3,(H,35,37,38). The van der Waals surface area contributed by atoms with Crippen LogP contribution in [0.2, 0.25) is 0 Å². The Labute approximate surface area is 255 Å². The third kappa shape index (κ3) is 6.26. The number of hydrogen-bond donors (Lipinski definition) is 1. The summed E-state index contributed by atoms with van der Waals surface area (Å²) in [6.45, 7) is 6.39. The van der Waals surface area contributed by atoms with Gasteiger partial charge in [0.1, 0.15) is 5.82 Å². The molecule has 1 aliphatic rings. The van der Waals surface area contributed by atoms with Gasteiger partial charge in [-0.3, -0.25) is 4.79 Å². The molecule has 6 rings (SSSR count). The van der Waals surface area contributed by atoms with E-state index < -0.39 is 0 Å². The molecule has 3 aromatic carbocycles. The Morgan fingerprint density at radius 1 is 0.932 bits per heavy atom. The molecule has 0 saturated heterocycles. The predicted octanol–water partition coefficient (Wildman–Crippen LogP) is 5.18. The summed E-state index contributed by atoms with van der Waals surface area (Å²) in [6, 6.07) is 17.9. The average molecular weight is 596 g/mol. The lowest BCUT2D eigenvalue weighted by Crippen LogP contribution is -2.35. The summed E-state index contributed by atoms with van der Waals surface area (Å²) in [4.78, 5) is 30.9. The van der Waals surface area contributed by atoms with Gasteiger partial charge >= 0.3 is 0 Å². The number of nitrogens with one attached hydrogen (secondary N) is 1. The van der Waals surface area contributed by atoms with Crippen molar-refractivity contribution in [3.63, 3.8) is 0 Å². The minimum atomic E-state index is -0.379. The third-order valence-corrected chi connectivity index (χ3v) is 7.53. The van der Waals surface area contributed by atoms with Gasteiger partial charge in [-0.05, 0) is 61.4 Å². The van der Waals surface area contributed by atoms with E-state index in [1.54, 1.807) is 18.3 Å². The first-order valence-corrected chi connectivity index (χ1v) is 14.4. The number of aromatic nitrogens is 4. The molecule has 2 aromatic heterocycles. The zero-order valence-electron chi connectivity index (χ0n) is 25.2. The second-order valence-corrected chi connectivity index (χ2v) is 11.1. The number of rotatable bonds is 10. The average Bonchev–Trinajstić information content (AvgIpc) is 3.64. The van der Waals surface area contributed by atoms with Crippen LogP contribution < -0.4 is 19.7 Å². The maximum absolute atomic E-state index is 13.3. The molecule has 0 aliphatic carbocycles. The van der Waals surface area contributed by atoms with Gasteiger partial charge in [0.15, 0.2) is 28.5 Å². The number of carbonyl (C=O) groups is 1. The fourth-order valence-electron chi connectivity index (χ4n) is 5.25. The zero-order chi connectivity index (χ0) is 30.8. The van der Waals surface area contributed by atoms with Crippen molar-refractivity contribution in [1.29, 1.82) is 0 Å². The van der Waals surface area contributed by atoms with E-state index in [1.165, 1.54) is 35.4 Å². The fourth-order valence-corrected chi connectivity index (χ4v) is 5.25. The molecule has 1 amide bonds. The molecule has 226 valence electrons. The van der Waals surface area contributed by atoms with E-state index in [1.807, 2.05) is 34.7 Å². The van der Waals surface area contributed by atoms with Crippen molar-refractivity contribution in [2.75, 3.05) is 44.2 Å². The molecule has 0 bridgehead atoms. The first kappa shape index (κ1) is 28.9. The third-order valence-electron chi connectivity index (χ3n) is 7.53. The number of nitrogens with zero attached hydrogens (tertiary/aromatic N) is 6. The zero-order valence-corrected chi connectivity index (χ0v) is 25.2. The number of fused-ring (bicyclic) bond motifs is 2. The number of benzene rings is 3. The number of halogens is 1. The highest BCUT2D eigenvalue weighted by Crippen LogP contribution is 2.33. The van der Waals surface area contributed by atoms with Gasteiger partial charge in [-0.25, -0.2) is 9.37 Å². The Balaban J connectivity index is 1.26. The summed E-state index contributed by atoms with van der Waals surface area (Å²) in [5, 5.41) is 3.45. The van der Waals surface area contributed by atoms with Gasteiger partial charge in [-0.1, -0.05) is 35.4 Å². The first-order chi connectivity index (χ1) is 21.2. The smallest absolute Gasteiger partial charge is 0.253 e. The summed E-state index contributed by atoms with van der Waals surface area (Å²) in [5.41, 5.74) is 6.35. The number of amides is 1. The van der Waals surface area contributed by atoms with Gasteiger partial charge in [-0.15, -0.1) is 0 Å². The van der Waals surface area contributed by atoms with Crippen LogP contribution in [0.3, 0.4) is 0 Å². The van der Waals surface area contributed by atoms with Gasteiger partial charge < -0.3 is 29.2 Å². The van der Waals surface area contributed by atoms with Crippen LogP contribution >= 0.6 is 0 Å². The lowest BCUT2D eigenvalue weighted by atomic mass is 10.1. The van der Waals surface area contributed by atoms with Crippen molar-refractivity contribution >= 4 is 28.8 Å². The maximum Gasteiger partial charge on any atom is 0.253 e. The Hall–Kier alpha value is -5.19. The summed E-state index contributed by atoms with van der Waals surface area (Å²) >= 11 is 0. The van der Waals surface area contributed by atoms with Crippen molar-refractivity contribution in [2.24, 2.45) is 0 Å². The van der Waals surface area contributed by atoms with Crippen molar-refractivity contribution < 1.29 is 18.7 Å². The molecule has 0 unspecified atom stereocenters. The van der Waals surface area contributed by atoms with Crippen LogP contribution in [0.1, 0.15) is 32.6 Å². The first-order valence-electron chi connectivity index (χ1n) is 14.4. The molecule has 0 spiro atoms. The predicted molar refractivity (Wildman–Crippen MR) is 167 cm³/mol. The van der Waals surface area contributed by atoms with Crippen molar-refractivity contribution in [1.82, 2.24) is 24.4 Å². The topological polar surface area (TPSA) is 97.6 Å². The van der Waals surface area contributed by atoms with Crippen LogP contribution in [-0.4, -0.2) is 64.3 Å². The number of likely N-dealkylation sites (N-methyl/N-ethyl adjacent to an activating group) is 2.